The molecule has 1 amide bonds. The summed E-state index contributed by atoms with van der Waals surface area (Å²) in [5.74, 6) is 0.135. The number of hydrazine groups is 1. The number of nitrogens with one attached hydrogen (secondary N) is 3. The van der Waals surface area contributed by atoms with Crippen molar-refractivity contribution in [1.82, 2.24) is 20.8 Å². The Morgan fingerprint density at radius 1 is 1.17 bits per heavy atom. The Balaban J connectivity index is 1.19. The average Bonchev–Trinajstić information content (AvgIpc) is 3.38. The molecule has 0 radical (unpaired) electrons. The van der Waals surface area contributed by atoms with Crippen LogP contribution in [0.3, 0.4) is 0 Å². The van der Waals surface area contributed by atoms with E-state index in [4.69, 9.17) is 11.6 Å². The minimum atomic E-state index is -0.117. The summed E-state index contributed by atoms with van der Waals surface area (Å²) in [6.45, 7) is 0. The van der Waals surface area contributed by atoms with Gasteiger partial charge < -0.3 is 15.2 Å². The Morgan fingerprint density at radius 3 is 2.80 bits per heavy atom. The third-order valence-corrected chi connectivity index (χ3v) is 6.68. The van der Waals surface area contributed by atoms with Crippen LogP contribution in [0.15, 0.2) is 72.1 Å². The highest BCUT2D eigenvalue weighted by atomic mass is 35.5. The topological polar surface area (TPSA) is 72.0 Å². The SMILES string of the molecule is O=C(CSC1=NNC2C3CC(c4ccccc4)NN3C=CN12)Nc1ccccc1Cl. The van der Waals surface area contributed by atoms with E-state index < -0.39 is 0 Å². The van der Waals surface area contributed by atoms with Gasteiger partial charge in [-0.1, -0.05) is 65.8 Å². The normalized spacial score (nSPS) is 24.2. The van der Waals surface area contributed by atoms with Crippen molar-refractivity contribution in [2.24, 2.45) is 5.10 Å². The summed E-state index contributed by atoms with van der Waals surface area (Å²) in [6, 6.07) is 18.2. The van der Waals surface area contributed by atoms with E-state index in [1.807, 2.05) is 30.6 Å². The summed E-state index contributed by atoms with van der Waals surface area (Å²) >= 11 is 7.51. The molecule has 3 unspecified atom stereocenters. The van der Waals surface area contributed by atoms with Gasteiger partial charge in [-0.2, -0.15) is 5.10 Å². The van der Waals surface area contributed by atoms with Gasteiger partial charge in [0.05, 0.1) is 28.5 Å². The summed E-state index contributed by atoms with van der Waals surface area (Å²) in [5, 5.41) is 10.8. The first-order valence-corrected chi connectivity index (χ1v) is 11.1. The molecular weight excluding hydrogens is 420 g/mol. The molecule has 2 aromatic carbocycles. The zero-order valence-corrected chi connectivity index (χ0v) is 17.6. The van der Waals surface area contributed by atoms with Crippen molar-refractivity contribution < 1.29 is 4.79 Å². The third kappa shape index (κ3) is 3.74. The number of fused-ring (bicyclic) bond motifs is 3. The van der Waals surface area contributed by atoms with Crippen LogP contribution in [0.25, 0.3) is 0 Å². The molecule has 7 nitrogen and oxygen atoms in total. The van der Waals surface area contributed by atoms with Gasteiger partial charge in [0.15, 0.2) is 5.17 Å². The molecule has 0 bridgehead atoms. The smallest absolute Gasteiger partial charge is 0.234 e. The zero-order valence-electron chi connectivity index (χ0n) is 16.0. The molecule has 3 N–H and O–H groups in total. The number of hydrazone groups is 1. The van der Waals surface area contributed by atoms with Crippen LogP contribution in [0.1, 0.15) is 18.0 Å². The number of carbonyl (C=O) groups excluding carboxylic acids is 1. The Hall–Kier alpha value is -2.68. The van der Waals surface area contributed by atoms with Crippen LogP contribution in [0.4, 0.5) is 5.69 Å². The van der Waals surface area contributed by atoms with Gasteiger partial charge >= 0.3 is 0 Å². The number of hydrogen-bond donors (Lipinski definition) is 3. The molecule has 9 heteroatoms. The molecule has 30 heavy (non-hydrogen) atoms. The highest BCUT2D eigenvalue weighted by molar-refractivity contribution is 8.14. The number of para-hydroxylation sites is 1. The van der Waals surface area contributed by atoms with Crippen LogP contribution in [0, 0.1) is 0 Å². The monoisotopic (exact) mass is 440 g/mol. The minimum Gasteiger partial charge on any atom is -0.324 e. The second kappa shape index (κ2) is 8.22. The number of nitrogens with zero attached hydrogens (tertiary/aromatic N) is 3. The first kappa shape index (κ1) is 19.3. The Kier molecular flexibility index (Phi) is 5.28. The fraction of sp³-hybridized carbons (Fsp3) is 0.238. The number of amidine groups is 1. The van der Waals surface area contributed by atoms with Gasteiger partial charge in [0.2, 0.25) is 5.91 Å². The van der Waals surface area contributed by atoms with E-state index in [0.717, 1.165) is 11.6 Å². The summed E-state index contributed by atoms with van der Waals surface area (Å²) < 4.78 is 0. The molecule has 0 aromatic heterocycles. The first-order valence-electron chi connectivity index (χ1n) is 9.75. The number of anilines is 1. The maximum absolute atomic E-state index is 12.3. The van der Waals surface area contributed by atoms with Crippen molar-refractivity contribution in [1.29, 1.82) is 0 Å². The standard InChI is InChI=1S/C21H21ClN6OS/c22-15-8-4-5-9-16(15)23-19(29)13-30-21-25-24-20-18-12-17(14-6-2-1-3-7-14)26-28(18)11-10-27(20)21/h1-11,17-18,20,24,26H,12-13H2,(H,23,29). The summed E-state index contributed by atoms with van der Waals surface area (Å²) in [6.07, 6.45) is 5.03. The third-order valence-electron chi connectivity index (χ3n) is 5.39. The van der Waals surface area contributed by atoms with Crippen LogP contribution in [-0.4, -0.2) is 38.9 Å². The highest BCUT2D eigenvalue weighted by Crippen LogP contribution is 2.35. The Bertz CT molecular complexity index is 1000. The number of rotatable bonds is 4. The lowest BCUT2D eigenvalue weighted by Gasteiger charge is -2.36. The van der Waals surface area contributed by atoms with Gasteiger partial charge in [0.1, 0.15) is 6.17 Å². The van der Waals surface area contributed by atoms with Gasteiger partial charge in [0, 0.05) is 12.4 Å². The van der Waals surface area contributed by atoms with Gasteiger partial charge in [-0.25, -0.2) is 5.43 Å². The molecule has 3 heterocycles. The Labute approximate surface area is 184 Å². The van der Waals surface area contributed by atoms with E-state index in [1.165, 1.54) is 17.3 Å². The number of carbonyl (C=O) groups is 1. The van der Waals surface area contributed by atoms with Gasteiger partial charge in [-0.3, -0.25) is 10.2 Å². The second-order valence-electron chi connectivity index (χ2n) is 7.29. The second-order valence-corrected chi connectivity index (χ2v) is 8.64. The van der Waals surface area contributed by atoms with E-state index in [2.05, 4.69) is 55.4 Å². The Morgan fingerprint density at radius 2 is 1.97 bits per heavy atom. The molecule has 1 saturated heterocycles. The first-order chi connectivity index (χ1) is 14.7. The van der Waals surface area contributed by atoms with Crippen molar-refractivity contribution in [2.45, 2.75) is 24.7 Å². The molecule has 0 aliphatic carbocycles. The van der Waals surface area contributed by atoms with Crippen LogP contribution >= 0.6 is 23.4 Å². The molecule has 0 spiro atoms. The fourth-order valence-corrected chi connectivity index (χ4v) is 4.89. The summed E-state index contributed by atoms with van der Waals surface area (Å²) in [7, 11) is 0. The summed E-state index contributed by atoms with van der Waals surface area (Å²) in [5.41, 5.74) is 8.70. The van der Waals surface area contributed by atoms with Gasteiger partial charge in [-0.05, 0) is 24.1 Å². The van der Waals surface area contributed by atoms with E-state index in [0.29, 0.717) is 10.7 Å². The predicted molar refractivity (Wildman–Crippen MR) is 120 cm³/mol. The number of benzene rings is 2. The van der Waals surface area contributed by atoms with Crippen molar-refractivity contribution in [2.75, 3.05) is 11.1 Å². The quantitative estimate of drug-likeness (QED) is 0.677. The number of amides is 1. The minimum absolute atomic E-state index is 0.0327. The fourth-order valence-electron chi connectivity index (χ4n) is 3.93. The molecule has 0 saturated carbocycles. The zero-order chi connectivity index (χ0) is 20.5. The van der Waals surface area contributed by atoms with E-state index in [-0.39, 0.29) is 29.9 Å². The maximum Gasteiger partial charge on any atom is 0.234 e. The van der Waals surface area contributed by atoms with Crippen molar-refractivity contribution in [3.63, 3.8) is 0 Å². The molecule has 2 aromatic rings. The molecule has 154 valence electrons. The van der Waals surface area contributed by atoms with Crippen LogP contribution in [0.5, 0.6) is 0 Å². The van der Waals surface area contributed by atoms with E-state index in [9.17, 15) is 4.79 Å². The molecule has 3 aliphatic heterocycles. The highest BCUT2D eigenvalue weighted by Gasteiger charge is 2.44. The average molecular weight is 441 g/mol. The lowest BCUT2D eigenvalue weighted by molar-refractivity contribution is -0.113. The van der Waals surface area contributed by atoms with E-state index in [1.54, 1.807) is 12.1 Å². The molecule has 3 atom stereocenters. The van der Waals surface area contributed by atoms with Crippen molar-refractivity contribution in [3.8, 4) is 0 Å². The van der Waals surface area contributed by atoms with Crippen LogP contribution in [0.2, 0.25) is 5.02 Å². The molecule has 3 aliphatic rings. The molecule has 5 rings (SSSR count). The maximum atomic E-state index is 12.3. The molecule has 1 fully saturated rings. The predicted octanol–water partition coefficient (Wildman–Crippen LogP) is 3.32. The van der Waals surface area contributed by atoms with Gasteiger partial charge in [-0.15, -0.1) is 0 Å². The largest absolute Gasteiger partial charge is 0.324 e. The van der Waals surface area contributed by atoms with Crippen LogP contribution < -0.4 is 16.2 Å². The summed E-state index contributed by atoms with van der Waals surface area (Å²) in [4.78, 5) is 14.4. The number of thioether (sulfide) groups is 1. The van der Waals surface area contributed by atoms with Crippen molar-refractivity contribution in [3.05, 3.63) is 77.6 Å². The van der Waals surface area contributed by atoms with Crippen LogP contribution in [-0.2, 0) is 4.79 Å². The van der Waals surface area contributed by atoms with E-state index >= 15 is 0 Å². The molecular formula is C21H21ClN6OS. The van der Waals surface area contributed by atoms with Crippen molar-refractivity contribution >= 4 is 40.1 Å². The van der Waals surface area contributed by atoms with Gasteiger partial charge in [0.25, 0.3) is 0 Å². The lowest BCUT2D eigenvalue weighted by Crippen LogP contribution is -2.54. The lowest BCUT2D eigenvalue weighted by atomic mass is 10.00. The number of halogens is 1. The number of hydrogen-bond acceptors (Lipinski definition) is 7.